The minimum Gasteiger partial charge on any atom is -0.496 e. The van der Waals surface area contributed by atoms with Gasteiger partial charge < -0.3 is 10.1 Å². The highest BCUT2D eigenvalue weighted by atomic mass is 16.6. The molecule has 1 N–H and O–H groups in total. The fourth-order valence-corrected chi connectivity index (χ4v) is 3.14. The van der Waals surface area contributed by atoms with Crippen molar-refractivity contribution in [2.75, 3.05) is 7.11 Å². The quantitative estimate of drug-likeness (QED) is 0.496. The highest BCUT2D eigenvalue weighted by molar-refractivity contribution is 6.07. The van der Waals surface area contributed by atoms with Crippen LogP contribution in [0.4, 0.5) is 10.5 Å². The Morgan fingerprint density at radius 2 is 1.85 bits per heavy atom. The van der Waals surface area contributed by atoms with Gasteiger partial charge in [0.25, 0.3) is 11.6 Å². The van der Waals surface area contributed by atoms with Crippen LogP contribution in [-0.4, -0.2) is 28.9 Å². The summed E-state index contributed by atoms with van der Waals surface area (Å²) in [6.07, 6.45) is 0. The van der Waals surface area contributed by atoms with Crippen LogP contribution in [0.2, 0.25) is 0 Å². The second-order valence-electron chi connectivity index (χ2n) is 6.57. The number of urea groups is 1. The van der Waals surface area contributed by atoms with E-state index in [0.29, 0.717) is 16.9 Å². The highest BCUT2D eigenvalue weighted by Gasteiger charge is 2.50. The van der Waals surface area contributed by atoms with Crippen molar-refractivity contribution in [3.8, 4) is 5.75 Å². The maximum atomic E-state index is 13.1. The van der Waals surface area contributed by atoms with Crippen LogP contribution in [0, 0.1) is 17.0 Å². The Hall–Kier alpha value is -3.42. The summed E-state index contributed by atoms with van der Waals surface area (Å²) in [5.74, 6) is 0.101. The number of carbonyl (C=O) groups excluding carboxylic acids is 2. The van der Waals surface area contributed by atoms with Crippen LogP contribution in [0.3, 0.4) is 0 Å². The highest BCUT2D eigenvalue weighted by Crippen LogP contribution is 2.36. The van der Waals surface area contributed by atoms with Crippen molar-refractivity contribution in [2.45, 2.75) is 25.9 Å². The van der Waals surface area contributed by atoms with E-state index < -0.39 is 22.4 Å². The molecule has 1 aliphatic heterocycles. The number of rotatable bonds is 5. The number of nitro benzene ring substituents is 1. The lowest BCUT2D eigenvalue weighted by molar-refractivity contribution is -0.384. The van der Waals surface area contributed by atoms with E-state index >= 15 is 0 Å². The van der Waals surface area contributed by atoms with Crippen molar-refractivity contribution in [3.05, 3.63) is 69.3 Å². The van der Waals surface area contributed by atoms with E-state index in [1.165, 1.54) is 31.4 Å². The minimum atomic E-state index is -1.25. The van der Waals surface area contributed by atoms with E-state index in [1.807, 2.05) is 19.1 Å². The molecule has 27 heavy (non-hydrogen) atoms. The molecule has 3 rings (SSSR count). The van der Waals surface area contributed by atoms with E-state index in [4.69, 9.17) is 4.74 Å². The number of amides is 3. The van der Waals surface area contributed by atoms with Crippen molar-refractivity contribution in [2.24, 2.45) is 0 Å². The van der Waals surface area contributed by atoms with Gasteiger partial charge in [0.1, 0.15) is 11.3 Å². The predicted molar refractivity (Wildman–Crippen MR) is 97.3 cm³/mol. The van der Waals surface area contributed by atoms with E-state index in [1.54, 1.807) is 13.0 Å². The van der Waals surface area contributed by atoms with Gasteiger partial charge in [0, 0.05) is 17.7 Å². The fourth-order valence-electron chi connectivity index (χ4n) is 3.14. The van der Waals surface area contributed by atoms with Gasteiger partial charge in [-0.1, -0.05) is 23.8 Å². The third kappa shape index (κ3) is 3.21. The Labute approximate surface area is 155 Å². The maximum Gasteiger partial charge on any atom is 0.325 e. The minimum absolute atomic E-state index is 0.0202. The number of nitrogens with one attached hydrogen (secondary N) is 1. The Bertz CT molecular complexity index is 925. The van der Waals surface area contributed by atoms with Crippen LogP contribution in [0.5, 0.6) is 5.75 Å². The summed E-state index contributed by atoms with van der Waals surface area (Å²) in [6, 6.07) is 10.7. The van der Waals surface area contributed by atoms with Gasteiger partial charge >= 0.3 is 6.03 Å². The number of imide groups is 1. The molecule has 0 bridgehead atoms. The lowest BCUT2D eigenvalue weighted by atomic mass is 9.90. The van der Waals surface area contributed by atoms with Gasteiger partial charge in [0.2, 0.25) is 0 Å². The predicted octanol–water partition coefficient (Wildman–Crippen LogP) is 2.88. The number of nitrogens with zero attached hydrogens (tertiary/aromatic N) is 2. The number of carbonyl (C=O) groups is 2. The molecule has 8 nitrogen and oxygen atoms in total. The molecule has 1 saturated heterocycles. The molecule has 2 aromatic rings. The third-order valence-corrected chi connectivity index (χ3v) is 4.66. The van der Waals surface area contributed by atoms with Crippen LogP contribution in [0.1, 0.15) is 23.6 Å². The summed E-state index contributed by atoms with van der Waals surface area (Å²) >= 11 is 0. The molecule has 140 valence electrons. The number of ether oxygens (including phenoxy) is 1. The second kappa shape index (κ2) is 6.71. The van der Waals surface area contributed by atoms with Gasteiger partial charge in [0.05, 0.1) is 18.6 Å². The zero-order valence-corrected chi connectivity index (χ0v) is 15.2. The molecule has 3 amide bonds. The van der Waals surface area contributed by atoms with E-state index in [2.05, 4.69) is 5.32 Å². The van der Waals surface area contributed by atoms with Crippen molar-refractivity contribution >= 4 is 17.6 Å². The monoisotopic (exact) mass is 369 g/mol. The Kier molecular flexibility index (Phi) is 4.57. The number of hydrogen-bond donors (Lipinski definition) is 1. The molecule has 2 aromatic carbocycles. The number of aryl methyl sites for hydroxylation is 1. The molecular formula is C19H19N3O5. The van der Waals surface area contributed by atoms with Crippen molar-refractivity contribution < 1.29 is 19.2 Å². The van der Waals surface area contributed by atoms with Crippen molar-refractivity contribution in [1.82, 2.24) is 10.2 Å². The van der Waals surface area contributed by atoms with E-state index in [9.17, 15) is 19.7 Å². The first-order valence-corrected chi connectivity index (χ1v) is 8.29. The smallest absolute Gasteiger partial charge is 0.325 e. The molecule has 0 aromatic heterocycles. The Morgan fingerprint density at radius 1 is 1.19 bits per heavy atom. The summed E-state index contributed by atoms with van der Waals surface area (Å²) < 4.78 is 5.36. The summed E-state index contributed by atoms with van der Waals surface area (Å²) in [5.41, 5.74) is 0.821. The second-order valence-corrected chi connectivity index (χ2v) is 6.57. The van der Waals surface area contributed by atoms with E-state index in [0.717, 1.165) is 10.5 Å². The van der Waals surface area contributed by atoms with Crippen molar-refractivity contribution in [1.29, 1.82) is 0 Å². The molecule has 8 heteroatoms. The zero-order valence-electron chi connectivity index (χ0n) is 15.2. The Balaban J connectivity index is 1.90. The number of nitro groups is 1. The van der Waals surface area contributed by atoms with Gasteiger partial charge in [-0.05, 0) is 31.5 Å². The molecule has 0 saturated carbocycles. The first-order chi connectivity index (χ1) is 12.8. The van der Waals surface area contributed by atoms with Crippen LogP contribution < -0.4 is 10.1 Å². The molecule has 0 radical (unpaired) electrons. The van der Waals surface area contributed by atoms with Crippen LogP contribution >= 0.6 is 0 Å². The molecule has 1 aliphatic rings. The summed E-state index contributed by atoms with van der Waals surface area (Å²) in [5, 5.41) is 13.5. The number of benzene rings is 2. The molecular weight excluding hydrogens is 350 g/mol. The van der Waals surface area contributed by atoms with Gasteiger partial charge in [0.15, 0.2) is 0 Å². The van der Waals surface area contributed by atoms with Crippen molar-refractivity contribution in [3.63, 3.8) is 0 Å². The van der Waals surface area contributed by atoms with E-state index in [-0.39, 0.29) is 12.2 Å². The lowest BCUT2D eigenvalue weighted by Crippen LogP contribution is -2.41. The number of hydrogen-bond acceptors (Lipinski definition) is 5. The normalized spacial score (nSPS) is 19.1. The Morgan fingerprint density at radius 3 is 2.44 bits per heavy atom. The molecule has 1 atom stereocenters. The number of methoxy groups -OCH3 is 1. The summed E-state index contributed by atoms with van der Waals surface area (Å²) in [6.45, 7) is 3.55. The lowest BCUT2D eigenvalue weighted by Gasteiger charge is -2.24. The maximum absolute atomic E-state index is 13.1. The van der Waals surface area contributed by atoms with Gasteiger partial charge in [-0.25, -0.2) is 4.79 Å². The first-order valence-electron chi connectivity index (χ1n) is 8.29. The fraction of sp³-hybridized carbons (Fsp3) is 0.263. The topological polar surface area (TPSA) is 102 Å². The van der Waals surface area contributed by atoms with Gasteiger partial charge in [-0.2, -0.15) is 0 Å². The summed E-state index contributed by atoms with van der Waals surface area (Å²) in [7, 11) is 1.51. The van der Waals surface area contributed by atoms with Crippen LogP contribution in [0.25, 0.3) is 0 Å². The largest absolute Gasteiger partial charge is 0.496 e. The standard InChI is InChI=1S/C19H19N3O5/c1-12-4-9-16(27-3)15(10-12)19(2)17(23)21(18(24)20-19)11-13-5-7-14(8-6-13)22(25)26/h4-10H,11H2,1-3H3,(H,20,24)/t19-/m1/s1. The molecule has 0 aliphatic carbocycles. The number of non-ortho nitro benzene ring substituents is 1. The average molecular weight is 369 g/mol. The third-order valence-electron chi connectivity index (χ3n) is 4.66. The van der Waals surface area contributed by atoms with Gasteiger partial charge in [-0.3, -0.25) is 19.8 Å². The van der Waals surface area contributed by atoms with Crippen LogP contribution in [-0.2, 0) is 16.9 Å². The molecule has 0 spiro atoms. The summed E-state index contributed by atoms with van der Waals surface area (Å²) in [4.78, 5) is 36.9. The SMILES string of the molecule is COc1ccc(C)cc1[C@@]1(C)NC(=O)N(Cc2ccc([N+](=O)[O-])cc2)C1=O. The first kappa shape index (κ1) is 18.4. The molecule has 1 heterocycles. The zero-order chi connectivity index (χ0) is 19.8. The molecule has 0 unspecified atom stereocenters. The van der Waals surface area contributed by atoms with Gasteiger partial charge in [-0.15, -0.1) is 0 Å². The average Bonchev–Trinajstić information content (AvgIpc) is 2.86. The molecule has 1 fully saturated rings. The van der Waals surface area contributed by atoms with Crippen LogP contribution in [0.15, 0.2) is 42.5 Å².